The molecule has 0 radical (unpaired) electrons. The summed E-state index contributed by atoms with van der Waals surface area (Å²) in [5.41, 5.74) is 1.26. The molecule has 0 unspecified atom stereocenters. The van der Waals surface area contributed by atoms with E-state index in [0.29, 0.717) is 12.3 Å². The first-order valence-electron chi connectivity index (χ1n) is 9.64. The van der Waals surface area contributed by atoms with Gasteiger partial charge in [-0.2, -0.15) is 0 Å². The Bertz CT molecular complexity index is 908. The molecule has 0 aliphatic carbocycles. The molecule has 31 heavy (non-hydrogen) atoms. The minimum atomic E-state index is -0.417. The molecule has 11 heteroatoms. The number of carbonyl (C=O) groups excluding carboxylic acids is 3. The number of rotatable bonds is 8. The molecule has 1 aliphatic rings. The zero-order chi connectivity index (χ0) is 22.2. The number of nitrogens with zero attached hydrogens (tertiary/aromatic N) is 4. The largest absolute Gasteiger partial charge is 0.469 e. The predicted octanol–water partition coefficient (Wildman–Crippen LogP) is 1.69. The summed E-state index contributed by atoms with van der Waals surface area (Å²) in [4.78, 5) is 48.7. The van der Waals surface area contributed by atoms with Crippen LogP contribution in [-0.2, 0) is 25.7 Å². The van der Waals surface area contributed by atoms with Gasteiger partial charge in [-0.1, -0.05) is 11.8 Å². The van der Waals surface area contributed by atoms with Crippen molar-refractivity contribution in [1.29, 1.82) is 0 Å². The lowest BCUT2D eigenvalue weighted by molar-refractivity contribution is -0.142. The van der Waals surface area contributed by atoms with Gasteiger partial charge in [0.25, 0.3) is 5.91 Å². The quantitative estimate of drug-likeness (QED) is 0.430. The topological polar surface area (TPSA) is 102 Å². The van der Waals surface area contributed by atoms with Crippen LogP contribution in [0.4, 0.5) is 0 Å². The molecule has 166 valence electrons. The molecule has 9 nitrogen and oxygen atoms in total. The molecule has 1 saturated heterocycles. The number of carbonyl (C=O) groups is 3. The predicted molar refractivity (Wildman–Crippen MR) is 116 cm³/mol. The molecule has 3 rings (SSSR count). The number of thioether (sulfide) groups is 1. The van der Waals surface area contributed by atoms with Crippen LogP contribution in [0, 0.1) is 0 Å². The summed E-state index contributed by atoms with van der Waals surface area (Å²) in [6.07, 6.45) is 4.92. The Morgan fingerprint density at radius 2 is 2.06 bits per heavy atom. The second-order valence-electron chi connectivity index (χ2n) is 6.84. The summed E-state index contributed by atoms with van der Waals surface area (Å²) in [5, 5.41) is 1.70. The van der Waals surface area contributed by atoms with Crippen LogP contribution in [0.15, 0.2) is 34.2 Å². The molecule has 3 heterocycles. The summed E-state index contributed by atoms with van der Waals surface area (Å²) in [6.45, 7) is 0.952. The Balaban J connectivity index is 1.74. The summed E-state index contributed by atoms with van der Waals surface area (Å²) >= 11 is 2.86. The van der Waals surface area contributed by atoms with Gasteiger partial charge in [-0.25, -0.2) is 4.98 Å². The maximum Gasteiger partial charge on any atom is 0.307 e. The number of hydrogen-bond donors (Lipinski definition) is 0. The first-order chi connectivity index (χ1) is 15.0. The third kappa shape index (κ3) is 6.49. The highest BCUT2D eigenvalue weighted by Gasteiger charge is 2.32. The van der Waals surface area contributed by atoms with Crippen LogP contribution in [0.2, 0.25) is 0 Å². The molecule has 1 aliphatic heterocycles. The van der Waals surface area contributed by atoms with Crippen molar-refractivity contribution in [3.8, 4) is 0 Å². The average molecular weight is 465 g/mol. The van der Waals surface area contributed by atoms with Crippen molar-refractivity contribution in [3.63, 3.8) is 0 Å². The standard InChI is InChI=1S/C20H24N4O5S2/c1-28-18(26)5-8-23-9-15(29-12-14-3-6-21-7-4-14)10-24(11-17(23)25)19(27)16-13-31-20(22-16)30-2/h3-4,6-7,13,15H,5,8-12H2,1-2H3/t15-/m0/s1. The van der Waals surface area contributed by atoms with Crippen LogP contribution >= 0.6 is 23.1 Å². The number of methoxy groups -OCH3 is 1. The molecule has 1 atom stereocenters. The van der Waals surface area contributed by atoms with E-state index >= 15 is 0 Å². The highest BCUT2D eigenvalue weighted by atomic mass is 32.2. The molecule has 0 saturated carbocycles. The third-order valence-electron chi connectivity index (χ3n) is 4.74. The zero-order valence-corrected chi connectivity index (χ0v) is 19.0. The van der Waals surface area contributed by atoms with E-state index in [1.165, 1.54) is 35.1 Å². The lowest BCUT2D eigenvalue weighted by Crippen LogP contribution is -2.40. The minimum absolute atomic E-state index is 0.0798. The number of amides is 2. The summed E-state index contributed by atoms with van der Waals surface area (Å²) in [5.74, 6) is -0.948. The van der Waals surface area contributed by atoms with Gasteiger partial charge in [-0.3, -0.25) is 19.4 Å². The SMILES string of the molecule is COC(=O)CCN1C[C@H](OCc2ccncc2)CN(C(=O)c2csc(SC)n2)CC1=O. The van der Waals surface area contributed by atoms with Crippen LogP contribution in [0.1, 0.15) is 22.5 Å². The number of ether oxygens (including phenoxy) is 2. The van der Waals surface area contributed by atoms with Crippen molar-refractivity contribution in [1.82, 2.24) is 19.8 Å². The second kappa shape index (κ2) is 11.2. The molecule has 0 aromatic carbocycles. The Hall–Kier alpha value is -2.50. The molecule has 2 aromatic rings. The number of thiazole rings is 1. The van der Waals surface area contributed by atoms with Crippen LogP contribution < -0.4 is 0 Å². The van der Waals surface area contributed by atoms with E-state index in [2.05, 4.69) is 14.7 Å². The van der Waals surface area contributed by atoms with Crippen molar-refractivity contribution >= 4 is 40.9 Å². The lowest BCUT2D eigenvalue weighted by atomic mass is 10.2. The van der Waals surface area contributed by atoms with Gasteiger partial charge >= 0.3 is 5.97 Å². The molecule has 0 spiro atoms. The average Bonchev–Trinajstić information content (AvgIpc) is 3.22. The van der Waals surface area contributed by atoms with Crippen molar-refractivity contribution < 1.29 is 23.9 Å². The van der Waals surface area contributed by atoms with E-state index in [9.17, 15) is 14.4 Å². The van der Waals surface area contributed by atoms with E-state index in [1.54, 1.807) is 22.7 Å². The summed E-state index contributed by atoms with van der Waals surface area (Å²) < 4.78 is 11.5. The van der Waals surface area contributed by atoms with E-state index < -0.39 is 12.1 Å². The minimum Gasteiger partial charge on any atom is -0.469 e. The number of aromatic nitrogens is 2. The first kappa shape index (κ1) is 23.2. The Kier molecular flexibility index (Phi) is 8.38. The highest BCUT2D eigenvalue weighted by molar-refractivity contribution is 8.00. The third-order valence-corrected chi connectivity index (χ3v) is 6.60. The van der Waals surface area contributed by atoms with Crippen molar-refractivity contribution in [3.05, 3.63) is 41.2 Å². The normalized spacial score (nSPS) is 16.8. The van der Waals surface area contributed by atoms with E-state index in [-0.39, 0.29) is 44.4 Å². The van der Waals surface area contributed by atoms with Crippen LogP contribution in [0.5, 0.6) is 0 Å². The van der Waals surface area contributed by atoms with Gasteiger partial charge in [-0.15, -0.1) is 11.3 Å². The second-order valence-corrected chi connectivity index (χ2v) is 8.75. The smallest absolute Gasteiger partial charge is 0.307 e. The van der Waals surface area contributed by atoms with E-state index in [0.717, 1.165) is 9.90 Å². The molecule has 0 bridgehead atoms. The van der Waals surface area contributed by atoms with Gasteiger partial charge in [0, 0.05) is 37.4 Å². The molecular weight excluding hydrogens is 440 g/mol. The van der Waals surface area contributed by atoms with E-state index in [4.69, 9.17) is 4.74 Å². The van der Waals surface area contributed by atoms with Gasteiger partial charge < -0.3 is 19.3 Å². The fourth-order valence-corrected chi connectivity index (χ4v) is 4.32. The fourth-order valence-electron chi connectivity index (χ4n) is 3.09. The van der Waals surface area contributed by atoms with Crippen molar-refractivity contribution in [2.75, 3.05) is 39.5 Å². The number of esters is 1. The van der Waals surface area contributed by atoms with Crippen LogP contribution in [0.3, 0.4) is 0 Å². The van der Waals surface area contributed by atoms with Crippen molar-refractivity contribution in [2.24, 2.45) is 0 Å². The molecule has 0 N–H and O–H groups in total. The first-order valence-corrected chi connectivity index (χ1v) is 11.7. The Morgan fingerprint density at radius 3 is 2.74 bits per heavy atom. The van der Waals surface area contributed by atoms with Crippen molar-refractivity contribution in [2.45, 2.75) is 23.5 Å². The van der Waals surface area contributed by atoms with E-state index in [1.807, 2.05) is 18.4 Å². The van der Waals surface area contributed by atoms with Gasteiger partial charge in [0.05, 0.1) is 26.2 Å². The Morgan fingerprint density at radius 1 is 1.29 bits per heavy atom. The van der Waals surface area contributed by atoms with Gasteiger partial charge in [-0.05, 0) is 24.0 Å². The van der Waals surface area contributed by atoms with Crippen LogP contribution in [0.25, 0.3) is 0 Å². The highest BCUT2D eigenvalue weighted by Crippen LogP contribution is 2.21. The maximum absolute atomic E-state index is 13.0. The molecular formula is C20H24N4O5S2. The monoisotopic (exact) mass is 464 g/mol. The van der Waals surface area contributed by atoms with Gasteiger partial charge in [0.2, 0.25) is 5.91 Å². The molecule has 1 fully saturated rings. The summed E-state index contributed by atoms with van der Waals surface area (Å²) in [6, 6.07) is 3.69. The lowest BCUT2D eigenvalue weighted by Gasteiger charge is -2.24. The zero-order valence-electron chi connectivity index (χ0n) is 17.4. The summed E-state index contributed by atoms with van der Waals surface area (Å²) in [7, 11) is 1.31. The Labute approximate surface area is 188 Å². The van der Waals surface area contributed by atoms with Gasteiger partial charge in [0.1, 0.15) is 16.6 Å². The maximum atomic E-state index is 13.0. The fraction of sp³-hybridized carbons (Fsp3) is 0.450. The van der Waals surface area contributed by atoms with Crippen LogP contribution in [-0.4, -0.2) is 83.2 Å². The molecule has 2 aromatic heterocycles. The number of hydrogen-bond acceptors (Lipinski definition) is 9. The molecule has 2 amide bonds. The van der Waals surface area contributed by atoms with Gasteiger partial charge in [0.15, 0.2) is 0 Å². The number of pyridine rings is 1.